The van der Waals surface area contributed by atoms with Crippen molar-refractivity contribution in [3.05, 3.63) is 36.4 Å². The largest absolute Gasteiger partial charge is 0.385 e. The molecule has 0 spiro atoms. The first kappa shape index (κ1) is 15.1. The maximum absolute atomic E-state index is 12.9. The molecule has 0 saturated heterocycles. The van der Waals surface area contributed by atoms with Gasteiger partial charge < -0.3 is 9.67 Å². The van der Waals surface area contributed by atoms with E-state index in [4.69, 9.17) is 0 Å². The van der Waals surface area contributed by atoms with Gasteiger partial charge in [-0.15, -0.1) is 0 Å². The molecule has 2 heterocycles. The minimum atomic E-state index is -2.62. The first-order valence-corrected chi connectivity index (χ1v) is 7.66. The van der Waals surface area contributed by atoms with Crippen molar-refractivity contribution in [2.24, 2.45) is 5.92 Å². The number of hydrogen-bond acceptors (Lipinski definition) is 3. The van der Waals surface area contributed by atoms with E-state index in [9.17, 15) is 13.9 Å². The number of halogens is 2. The van der Waals surface area contributed by atoms with Gasteiger partial charge in [0.05, 0.1) is 6.54 Å². The molecular formula is C15H20F2N4O. The predicted octanol–water partition coefficient (Wildman–Crippen LogP) is 3.14. The van der Waals surface area contributed by atoms with Gasteiger partial charge in [-0.25, -0.2) is 9.97 Å². The molecule has 0 amide bonds. The zero-order valence-electron chi connectivity index (χ0n) is 12.3. The highest BCUT2D eigenvalue weighted by atomic mass is 19.3. The number of nitrogens with zero attached hydrogens (tertiary/aromatic N) is 4. The van der Waals surface area contributed by atoms with Crippen LogP contribution in [-0.4, -0.2) is 24.2 Å². The van der Waals surface area contributed by atoms with Crippen molar-refractivity contribution in [2.75, 3.05) is 0 Å². The Morgan fingerprint density at radius 3 is 2.59 bits per heavy atom. The van der Waals surface area contributed by atoms with E-state index in [-0.39, 0.29) is 18.3 Å². The Morgan fingerprint density at radius 2 is 1.86 bits per heavy atom. The van der Waals surface area contributed by atoms with E-state index in [0.717, 1.165) is 30.3 Å². The van der Waals surface area contributed by atoms with Crippen LogP contribution in [0.4, 0.5) is 8.78 Å². The first-order chi connectivity index (χ1) is 10.7. The molecule has 3 rings (SSSR count). The number of hydrogen-bond donors (Lipinski definition) is 1. The Balaban J connectivity index is 1.78. The van der Waals surface area contributed by atoms with Crippen LogP contribution in [0.1, 0.15) is 56.4 Å². The maximum Gasteiger partial charge on any atom is 0.319 e. The second-order valence-corrected chi connectivity index (χ2v) is 5.78. The predicted molar refractivity (Wildman–Crippen MR) is 76.3 cm³/mol. The van der Waals surface area contributed by atoms with E-state index >= 15 is 0 Å². The number of aliphatic hydroxyl groups is 1. The van der Waals surface area contributed by atoms with Gasteiger partial charge in [0, 0.05) is 24.8 Å². The second kappa shape index (κ2) is 6.56. The van der Waals surface area contributed by atoms with Gasteiger partial charge in [0.1, 0.15) is 17.8 Å². The summed E-state index contributed by atoms with van der Waals surface area (Å²) >= 11 is 0. The SMILES string of the molecule is OC(c1nccn1Cc1nccn1C(F)F)C1CCCCC1. The fourth-order valence-electron chi connectivity index (χ4n) is 3.18. The summed E-state index contributed by atoms with van der Waals surface area (Å²) in [6, 6.07) is 0. The molecule has 1 fully saturated rings. The second-order valence-electron chi connectivity index (χ2n) is 5.78. The summed E-state index contributed by atoms with van der Waals surface area (Å²) in [5.41, 5.74) is 0. The van der Waals surface area contributed by atoms with Crippen molar-refractivity contribution in [2.45, 2.75) is 51.3 Å². The van der Waals surface area contributed by atoms with Gasteiger partial charge in [0.15, 0.2) is 0 Å². The van der Waals surface area contributed by atoms with Gasteiger partial charge in [-0.2, -0.15) is 8.78 Å². The fourth-order valence-corrected chi connectivity index (χ4v) is 3.18. The summed E-state index contributed by atoms with van der Waals surface area (Å²) in [5, 5.41) is 10.6. The summed E-state index contributed by atoms with van der Waals surface area (Å²) in [5.74, 6) is 0.991. The Bertz CT molecular complexity index is 604. The molecule has 1 aliphatic carbocycles. The van der Waals surface area contributed by atoms with Crippen LogP contribution >= 0.6 is 0 Å². The van der Waals surface area contributed by atoms with Crippen LogP contribution in [0, 0.1) is 5.92 Å². The molecule has 1 atom stereocenters. The summed E-state index contributed by atoms with van der Waals surface area (Å²) in [4.78, 5) is 8.21. The van der Waals surface area contributed by atoms with Crippen LogP contribution in [0.3, 0.4) is 0 Å². The minimum Gasteiger partial charge on any atom is -0.385 e. The lowest BCUT2D eigenvalue weighted by molar-refractivity contribution is 0.0651. The highest BCUT2D eigenvalue weighted by molar-refractivity contribution is 5.03. The number of imidazole rings is 2. The van der Waals surface area contributed by atoms with Gasteiger partial charge in [-0.05, 0) is 18.8 Å². The van der Waals surface area contributed by atoms with E-state index in [1.165, 1.54) is 18.8 Å². The van der Waals surface area contributed by atoms with Crippen LogP contribution in [0.2, 0.25) is 0 Å². The Labute approximate surface area is 127 Å². The van der Waals surface area contributed by atoms with Crippen LogP contribution in [0.5, 0.6) is 0 Å². The normalized spacial score (nSPS) is 18.0. The highest BCUT2D eigenvalue weighted by Gasteiger charge is 2.26. The van der Waals surface area contributed by atoms with Crippen LogP contribution in [0.25, 0.3) is 0 Å². The van der Waals surface area contributed by atoms with E-state index in [2.05, 4.69) is 9.97 Å². The molecule has 2 aromatic rings. The number of aromatic nitrogens is 4. The summed E-state index contributed by atoms with van der Waals surface area (Å²) in [6.45, 7) is -2.44. The van der Waals surface area contributed by atoms with E-state index in [0.29, 0.717) is 5.82 Å². The van der Waals surface area contributed by atoms with Crippen LogP contribution < -0.4 is 0 Å². The molecule has 0 aliphatic heterocycles. The average molecular weight is 310 g/mol. The number of alkyl halides is 2. The summed E-state index contributed by atoms with van der Waals surface area (Å²) < 4.78 is 28.3. The lowest BCUT2D eigenvalue weighted by atomic mass is 9.85. The smallest absolute Gasteiger partial charge is 0.319 e. The molecule has 0 bridgehead atoms. The van der Waals surface area contributed by atoms with E-state index < -0.39 is 12.7 Å². The fraction of sp³-hybridized carbons (Fsp3) is 0.600. The quantitative estimate of drug-likeness (QED) is 0.923. The number of aliphatic hydroxyl groups excluding tert-OH is 1. The number of rotatable bonds is 5. The zero-order chi connectivity index (χ0) is 15.5. The van der Waals surface area contributed by atoms with Gasteiger partial charge in [0.25, 0.3) is 0 Å². The van der Waals surface area contributed by atoms with E-state index in [1.54, 1.807) is 17.0 Å². The Hall–Kier alpha value is -1.76. The third-order valence-electron chi connectivity index (χ3n) is 4.38. The lowest BCUT2D eigenvalue weighted by Gasteiger charge is -2.26. The lowest BCUT2D eigenvalue weighted by Crippen LogP contribution is -2.20. The van der Waals surface area contributed by atoms with Gasteiger partial charge in [0.2, 0.25) is 0 Å². The standard InChI is InChI=1S/C15H20F2N4O/c16-15(17)21-9-7-18-12(21)10-20-8-6-19-14(20)13(22)11-4-2-1-3-5-11/h6-9,11,13,15,22H,1-5,10H2. The minimum absolute atomic E-state index is 0.177. The van der Waals surface area contributed by atoms with Crippen molar-refractivity contribution >= 4 is 0 Å². The van der Waals surface area contributed by atoms with Crippen molar-refractivity contribution in [3.8, 4) is 0 Å². The molecule has 0 radical (unpaired) electrons. The Morgan fingerprint density at radius 1 is 1.14 bits per heavy atom. The molecule has 1 N–H and O–H groups in total. The van der Waals surface area contributed by atoms with Crippen molar-refractivity contribution in [3.63, 3.8) is 0 Å². The topological polar surface area (TPSA) is 55.9 Å². The maximum atomic E-state index is 12.9. The molecular weight excluding hydrogens is 290 g/mol. The van der Waals surface area contributed by atoms with Gasteiger partial charge in [-0.3, -0.25) is 4.57 Å². The van der Waals surface area contributed by atoms with Gasteiger partial charge in [-0.1, -0.05) is 19.3 Å². The molecule has 1 saturated carbocycles. The average Bonchev–Trinajstić information content (AvgIpc) is 3.17. The summed E-state index contributed by atoms with van der Waals surface area (Å²) in [6.07, 6.45) is 10.7. The zero-order valence-corrected chi connectivity index (χ0v) is 12.3. The van der Waals surface area contributed by atoms with Crippen LogP contribution in [0.15, 0.2) is 24.8 Å². The van der Waals surface area contributed by atoms with Crippen molar-refractivity contribution in [1.82, 2.24) is 19.1 Å². The molecule has 7 heteroatoms. The molecule has 22 heavy (non-hydrogen) atoms. The van der Waals surface area contributed by atoms with Crippen molar-refractivity contribution < 1.29 is 13.9 Å². The molecule has 5 nitrogen and oxygen atoms in total. The third-order valence-corrected chi connectivity index (χ3v) is 4.38. The van der Waals surface area contributed by atoms with E-state index in [1.807, 2.05) is 0 Å². The first-order valence-electron chi connectivity index (χ1n) is 7.66. The molecule has 1 unspecified atom stereocenters. The summed E-state index contributed by atoms with van der Waals surface area (Å²) in [7, 11) is 0. The monoisotopic (exact) mass is 310 g/mol. The molecule has 0 aromatic carbocycles. The third kappa shape index (κ3) is 3.04. The Kier molecular flexibility index (Phi) is 4.52. The van der Waals surface area contributed by atoms with Crippen molar-refractivity contribution in [1.29, 1.82) is 0 Å². The van der Waals surface area contributed by atoms with Gasteiger partial charge >= 0.3 is 6.55 Å². The highest BCUT2D eigenvalue weighted by Crippen LogP contribution is 2.33. The molecule has 2 aromatic heterocycles. The van der Waals surface area contributed by atoms with Crippen LogP contribution in [-0.2, 0) is 6.54 Å². The molecule has 120 valence electrons. The molecule has 1 aliphatic rings.